The van der Waals surface area contributed by atoms with E-state index in [0.717, 1.165) is 5.56 Å². The topological polar surface area (TPSA) is 66.5 Å². The first kappa shape index (κ1) is 21.7. The number of amides is 1. The third kappa shape index (κ3) is 5.02. The maximum Gasteiger partial charge on any atom is 0.251 e. The molecule has 0 aromatic heterocycles. The van der Waals surface area contributed by atoms with Crippen molar-refractivity contribution in [3.63, 3.8) is 0 Å². The summed E-state index contributed by atoms with van der Waals surface area (Å²) < 4.78 is 26.5. The Labute approximate surface area is 170 Å². The van der Waals surface area contributed by atoms with Crippen LogP contribution >= 0.6 is 23.2 Å². The maximum atomic E-state index is 12.5. The van der Waals surface area contributed by atoms with Crippen LogP contribution in [-0.2, 0) is 10.0 Å². The van der Waals surface area contributed by atoms with E-state index in [-0.39, 0.29) is 16.8 Å². The maximum absolute atomic E-state index is 12.5. The number of benzene rings is 2. The summed E-state index contributed by atoms with van der Waals surface area (Å²) in [5.74, 6) is -0.291. The van der Waals surface area contributed by atoms with Gasteiger partial charge in [0.15, 0.2) is 0 Å². The Kier molecular flexibility index (Phi) is 7.28. The van der Waals surface area contributed by atoms with E-state index in [1.807, 2.05) is 6.92 Å². The molecule has 0 radical (unpaired) electrons. The number of carbonyl (C=O) groups is 1. The van der Waals surface area contributed by atoms with E-state index in [0.29, 0.717) is 28.7 Å². The number of rotatable bonds is 7. The van der Waals surface area contributed by atoms with Crippen LogP contribution in [0.15, 0.2) is 47.4 Å². The van der Waals surface area contributed by atoms with Crippen LogP contribution in [0.3, 0.4) is 0 Å². The molecule has 5 nitrogen and oxygen atoms in total. The predicted octanol–water partition coefficient (Wildman–Crippen LogP) is 4.51. The predicted molar refractivity (Wildman–Crippen MR) is 109 cm³/mol. The largest absolute Gasteiger partial charge is 0.346 e. The van der Waals surface area contributed by atoms with Crippen LogP contribution in [0, 0.1) is 0 Å². The van der Waals surface area contributed by atoms with Gasteiger partial charge in [0, 0.05) is 18.7 Å². The zero-order valence-corrected chi connectivity index (χ0v) is 17.7. The van der Waals surface area contributed by atoms with E-state index >= 15 is 0 Å². The molecule has 1 amide bonds. The lowest BCUT2D eigenvalue weighted by atomic mass is 10.1. The van der Waals surface area contributed by atoms with Gasteiger partial charge in [0.1, 0.15) is 0 Å². The fourth-order valence-electron chi connectivity index (χ4n) is 2.64. The Hall–Kier alpha value is -1.60. The average Bonchev–Trinajstić information content (AvgIpc) is 2.64. The van der Waals surface area contributed by atoms with Crippen LogP contribution in [-0.4, -0.2) is 31.7 Å². The van der Waals surface area contributed by atoms with Crippen molar-refractivity contribution in [2.45, 2.75) is 31.7 Å². The monoisotopic (exact) mass is 428 g/mol. The third-order valence-electron chi connectivity index (χ3n) is 4.25. The zero-order valence-electron chi connectivity index (χ0n) is 15.4. The Balaban J connectivity index is 2.14. The van der Waals surface area contributed by atoms with E-state index < -0.39 is 10.0 Å². The number of carbonyl (C=O) groups excluding carboxylic acids is 1. The number of halogens is 2. The standard InChI is InChI=1S/C19H22Cl2N2O3S/c1-4-23(5-2)27(25,26)16-9-6-14(7-10-16)13(3)22-19(24)15-8-11-17(20)18(21)12-15/h6-13H,4-5H2,1-3H3,(H,22,24). The molecule has 1 N–H and O–H groups in total. The average molecular weight is 429 g/mol. The van der Waals surface area contributed by atoms with Gasteiger partial charge in [-0.15, -0.1) is 0 Å². The highest BCUT2D eigenvalue weighted by atomic mass is 35.5. The highest BCUT2D eigenvalue weighted by Crippen LogP contribution is 2.23. The molecule has 2 aromatic carbocycles. The highest BCUT2D eigenvalue weighted by molar-refractivity contribution is 7.89. The highest BCUT2D eigenvalue weighted by Gasteiger charge is 2.21. The van der Waals surface area contributed by atoms with Crippen LogP contribution < -0.4 is 5.32 Å². The van der Waals surface area contributed by atoms with Gasteiger partial charge < -0.3 is 5.32 Å². The minimum Gasteiger partial charge on any atom is -0.346 e. The van der Waals surface area contributed by atoms with Gasteiger partial charge >= 0.3 is 0 Å². The molecular weight excluding hydrogens is 407 g/mol. The van der Waals surface area contributed by atoms with Gasteiger partial charge in [0.2, 0.25) is 10.0 Å². The van der Waals surface area contributed by atoms with Crippen LogP contribution in [0.5, 0.6) is 0 Å². The van der Waals surface area contributed by atoms with Crippen molar-refractivity contribution < 1.29 is 13.2 Å². The molecule has 0 heterocycles. The van der Waals surface area contributed by atoms with Gasteiger partial charge in [0.05, 0.1) is 21.0 Å². The summed E-state index contributed by atoms with van der Waals surface area (Å²) in [5.41, 5.74) is 1.19. The lowest BCUT2D eigenvalue weighted by Gasteiger charge is -2.19. The lowest BCUT2D eigenvalue weighted by molar-refractivity contribution is 0.0940. The minimum absolute atomic E-state index is 0.234. The van der Waals surface area contributed by atoms with E-state index in [2.05, 4.69) is 5.32 Å². The first-order chi connectivity index (χ1) is 12.7. The normalized spacial score (nSPS) is 12.8. The number of sulfonamides is 1. The summed E-state index contributed by atoms with van der Waals surface area (Å²) in [4.78, 5) is 12.6. The molecule has 8 heteroatoms. The molecule has 146 valence electrons. The summed E-state index contributed by atoms with van der Waals surface area (Å²) in [5, 5.41) is 3.55. The summed E-state index contributed by atoms with van der Waals surface area (Å²) in [7, 11) is -3.50. The fraction of sp³-hybridized carbons (Fsp3) is 0.316. The molecule has 0 aliphatic carbocycles. The molecule has 27 heavy (non-hydrogen) atoms. The van der Waals surface area contributed by atoms with Gasteiger partial charge in [-0.1, -0.05) is 49.2 Å². The van der Waals surface area contributed by atoms with Crippen molar-refractivity contribution in [1.82, 2.24) is 9.62 Å². The van der Waals surface area contributed by atoms with E-state index in [4.69, 9.17) is 23.2 Å². The van der Waals surface area contributed by atoms with Crippen molar-refractivity contribution in [1.29, 1.82) is 0 Å². The Morgan fingerprint density at radius 3 is 2.15 bits per heavy atom. The van der Waals surface area contributed by atoms with E-state index in [9.17, 15) is 13.2 Å². The Morgan fingerprint density at radius 2 is 1.63 bits per heavy atom. The molecule has 0 fully saturated rings. The van der Waals surface area contributed by atoms with Gasteiger partial charge in [-0.3, -0.25) is 4.79 Å². The molecule has 0 saturated carbocycles. The second-order valence-electron chi connectivity index (χ2n) is 5.98. The van der Waals surface area contributed by atoms with Crippen LogP contribution in [0.1, 0.15) is 42.7 Å². The quantitative estimate of drug-likeness (QED) is 0.704. The van der Waals surface area contributed by atoms with Crippen LogP contribution in [0.2, 0.25) is 10.0 Å². The molecular formula is C19H22Cl2N2O3S. The lowest BCUT2D eigenvalue weighted by Crippen LogP contribution is -2.30. The number of hydrogen-bond acceptors (Lipinski definition) is 3. The van der Waals surface area contributed by atoms with E-state index in [1.165, 1.54) is 10.4 Å². The Morgan fingerprint density at radius 1 is 1.04 bits per heavy atom. The number of hydrogen-bond donors (Lipinski definition) is 1. The molecule has 0 aliphatic rings. The van der Waals surface area contributed by atoms with E-state index in [1.54, 1.807) is 50.2 Å². The number of nitrogens with zero attached hydrogens (tertiary/aromatic N) is 1. The molecule has 0 aliphatic heterocycles. The molecule has 1 unspecified atom stereocenters. The first-order valence-corrected chi connectivity index (χ1v) is 10.8. The first-order valence-electron chi connectivity index (χ1n) is 8.56. The molecule has 2 rings (SSSR count). The second-order valence-corrected chi connectivity index (χ2v) is 8.73. The number of nitrogens with one attached hydrogen (secondary N) is 1. The van der Waals surface area contributed by atoms with Crippen molar-refractivity contribution in [3.05, 3.63) is 63.6 Å². The van der Waals surface area contributed by atoms with Crippen molar-refractivity contribution >= 4 is 39.1 Å². The molecule has 2 aromatic rings. The molecule has 0 bridgehead atoms. The summed E-state index contributed by atoms with van der Waals surface area (Å²) in [6, 6.07) is 10.9. The Bertz CT molecular complexity index is 911. The van der Waals surface area contributed by atoms with Crippen molar-refractivity contribution in [3.8, 4) is 0 Å². The van der Waals surface area contributed by atoms with Gasteiger partial charge in [-0.2, -0.15) is 4.31 Å². The van der Waals surface area contributed by atoms with Crippen molar-refractivity contribution in [2.75, 3.05) is 13.1 Å². The van der Waals surface area contributed by atoms with Crippen molar-refractivity contribution in [2.24, 2.45) is 0 Å². The molecule has 1 atom stereocenters. The smallest absolute Gasteiger partial charge is 0.251 e. The molecule has 0 saturated heterocycles. The summed E-state index contributed by atoms with van der Waals surface area (Å²) in [6.45, 7) is 6.25. The summed E-state index contributed by atoms with van der Waals surface area (Å²) >= 11 is 11.8. The molecule has 0 spiro atoms. The minimum atomic E-state index is -3.50. The zero-order chi connectivity index (χ0) is 20.2. The second kappa shape index (κ2) is 9.06. The third-order valence-corrected chi connectivity index (χ3v) is 7.06. The SMILES string of the molecule is CCN(CC)S(=O)(=O)c1ccc(C(C)NC(=O)c2ccc(Cl)c(Cl)c2)cc1. The van der Waals surface area contributed by atoms with Gasteiger partial charge in [-0.25, -0.2) is 8.42 Å². The van der Waals surface area contributed by atoms with Crippen LogP contribution in [0.25, 0.3) is 0 Å². The fourth-order valence-corrected chi connectivity index (χ4v) is 4.40. The van der Waals surface area contributed by atoms with Gasteiger partial charge in [0.25, 0.3) is 5.91 Å². The summed E-state index contributed by atoms with van der Waals surface area (Å²) in [6.07, 6.45) is 0. The van der Waals surface area contributed by atoms with Gasteiger partial charge in [-0.05, 0) is 42.8 Å². The van der Waals surface area contributed by atoms with Crippen LogP contribution in [0.4, 0.5) is 0 Å².